The molecular weight excluding hydrogens is 590 g/mol. The maximum Gasteiger partial charge on any atom is 0.266 e. The zero-order chi connectivity index (χ0) is 28.7. The van der Waals surface area contributed by atoms with Crippen LogP contribution in [0.5, 0.6) is 11.5 Å². The molecule has 3 aromatic carbocycles. The Morgan fingerprint density at radius 1 is 1.10 bits per heavy atom. The van der Waals surface area contributed by atoms with Crippen molar-refractivity contribution in [2.75, 3.05) is 46.6 Å². The molecule has 0 radical (unpaired) electrons. The van der Waals surface area contributed by atoms with Gasteiger partial charge in [-0.05, 0) is 53.6 Å². The first-order chi connectivity index (χ1) is 20.0. The highest BCUT2D eigenvalue weighted by atomic mass is 79.9. The minimum Gasteiger partial charge on any atom is -0.497 e. The van der Waals surface area contributed by atoms with Crippen LogP contribution in [0.4, 0.5) is 0 Å². The van der Waals surface area contributed by atoms with Crippen LogP contribution in [0.25, 0.3) is 0 Å². The maximum absolute atomic E-state index is 14.4. The molecule has 0 bridgehead atoms. The molecule has 2 aliphatic rings. The second kappa shape index (κ2) is 13.5. The molecule has 10 heteroatoms. The molecule has 3 aromatic rings. The lowest BCUT2D eigenvalue weighted by Crippen LogP contribution is -2.57. The first kappa shape index (κ1) is 29.1. The second-order valence-corrected chi connectivity index (χ2v) is 10.7. The van der Waals surface area contributed by atoms with E-state index in [1.807, 2.05) is 77.8 Å². The highest BCUT2D eigenvalue weighted by Crippen LogP contribution is 2.44. The Morgan fingerprint density at radius 2 is 1.88 bits per heavy atom. The number of ether oxygens (including phenoxy) is 4. The number of hydrogen-bond donors (Lipinski definition) is 2. The molecule has 41 heavy (non-hydrogen) atoms. The van der Waals surface area contributed by atoms with Crippen LogP contribution in [0.1, 0.15) is 29.2 Å². The topological polar surface area (TPSA) is 102 Å². The molecule has 216 valence electrons. The van der Waals surface area contributed by atoms with E-state index >= 15 is 0 Å². The number of carbonyl (C=O) groups is 1. The van der Waals surface area contributed by atoms with Crippen molar-refractivity contribution in [3.8, 4) is 11.5 Å². The Hall–Kier alpha value is -3.44. The minimum atomic E-state index is -1.33. The minimum absolute atomic E-state index is 0.0700. The summed E-state index contributed by atoms with van der Waals surface area (Å²) in [6.45, 7) is 2.72. The summed E-state index contributed by atoms with van der Waals surface area (Å²) in [4.78, 5) is 19.5. The molecule has 2 aliphatic heterocycles. The van der Waals surface area contributed by atoms with Crippen LogP contribution in [-0.4, -0.2) is 74.1 Å². The molecule has 2 atom stereocenters. The molecule has 2 N–H and O–H groups in total. The van der Waals surface area contributed by atoms with Crippen molar-refractivity contribution in [3.05, 3.63) is 94.0 Å². The largest absolute Gasteiger partial charge is 0.497 e. The van der Waals surface area contributed by atoms with E-state index in [0.717, 1.165) is 21.2 Å². The molecule has 0 aromatic heterocycles. The van der Waals surface area contributed by atoms with Gasteiger partial charge in [0.1, 0.15) is 11.5 Å². The number of morpholine rings is 1. The number of hydrogen-bond acceptors (Lipinski definition) is 8. The molecule has 0 aliphatic carbocycles. The van der Waals surface area contributed by atoms with Crippen molar-refractivity contribution in [1.82, 2.24) is 10.4 Å². The number of aliphatic hydroxyl groups is 1. The Labute approximate surface area is 248 Å². The number of rotatable bonds is 11. The van der Waals surface area contributed by atoms with Crippen molar-refractivity contribution in [1.29, 1.82) is 0 Å². The average molecular weight is 625 g/mol. The molecule has 2 heterocycles. The fraction of sp³-hybridized carbons (Fsp3) is 0.355. The monoisotopic (exact) mass is 623 g/mol. The quantitative estimate of drug-likeness (QED) is 0.310. The number of benzene rings is 3. The predicted octanol–water partition coefficient (Wildman–Crippen LogP) is 4.08. The van der Waals surface area contributed by atoms with Crippen molar-refractivity contribution in [2.24, 2.45) is 4.99 Å². The van der Waals surface area contributed by atoms with Gasteiger partial charge in [0.15, 0.2) is 11.6 Å². The number of hydrazine groups is 1. The summed E-state index contributed by atoms with van der Waals surface area (Å²) < 4.78 is 24.2. The van der Waals surface area contributed by atoms with E-state index < -0.39 is 11.6 Å². The van der Waals surface area contributed by atoms with E-state index in [9.17, 15) is 4.79 Å². The Balaban J connectivity index is 1.57. The first-order valence-corrected chi connectivity index (χ1v) is 14.4. The lowest BCUT2D eigenvalue weighted by atomic mass is 9.82. The van der Waals surface area contributed by atoms with Gasteiger partial charge in [-0.1, -0.05) is 46.3 Å². The molecule has 9 nitrogen and oxygen atoms in total. The van der Waals surface area contributed by atoms with Crippen molar-refractivity contribution < 1.29 is 28.8 Å². The van der Waals surface area contributed by atoms with Gasteiger partial charge >= 0.3 is 0 Å². The number of nitrogens with zero attached hydrogens (tertiary/aromatic N) is 2. The molecule has 1 saturated heterocycles. The van der Waals surface area contributed by atoms with E-state index in [-0.39, 0.29) is 12.5 Å². The lowest BCUT2D eigenvalue weighted by molar-refractivity contribution is -0.136. The SMILES string of the molecule is COc1cccc([C@@H]2OC(c3ccc(OCCCO)cc3)=N[C@]2(Cc2ccccc2Br)C(=O)NN2CCOCC2)c1. The average Bonchev–Trinajstić information content (AvgIpc) is 3.40. The van der Waals surface area contributed by atoms with E-state index in [0.29, 0.717) is 63.1 Å². The van der Waals surface area contributed by atoms with Gasteiger partial charge in [-0.15, -0.1) is 0 Å². The predicted molar refractivity (Wildman–Crippen MR) is 158 cm³/mol. The smallest absolute Gasteiger partial charge is 0.266 e. The second-order valence-electron chi connectivity index (χ2n) is 9.87. The molecule has 5 rings (SSSR count). The first-order valence-electron chi connectivity index (χ1n) is 13.6. The number of methoxy groups -OCH3 is 1. The fourth-order valence-corrected chi connectivity index (χ4v) is 5.36. The number of nitrogens with one attached hydrogen (secondary N) is 1. The number of amides is 1. The third kappa shape index (κ3) is 6.73. The highest BCUT2D eigenvalue weighted by Gasteiger charge is 2.54. The summed E-state index contributed by atoms with van der Waals surface area (Å²) in [5.74, 6) is 1.44. The third-order valence-corrected chi connectivity index (χ3v) is 7.89. The summed E-state index contributed by atoms with van der Waals surface area (Å²) in [5, 5.41) is 10.9. The van der Waals surface area contributed by atoms with Crippen LogP contribution < -0.4 is 14.9 Å². The number of aliphatic hydroxyl groups excluding tert-OH is 1. The normalized spacial score (nSPS) is 20.7. The Bertz CT molecular complexity index is 1360. The zero-order valence-electron chi connectivity index (χ0n) is 22.9. The van der Waals surface area contributed by atoms with E-state index in [1.54, 1.807) is 7.11 Å². The van der Waals surface area contributed by atoms with Crippen molar-refractivity contribution >= 4 is 27.7 Å². The van der Waals surface area contributed by atoms with E-state index in [1.165, 1.54) is 0 Å². The van der Waals surface area contributed by atoms with Gasteiger partial charge in [0.2, 0.25) is 5.90 Å². The van der Waals surface area contributed by atoms with Gasteiger partial charge in [-0.2, -0.15) is 0 Å². The van der Waals surface area contributed by atoms with Crippen LogP contribution in [-0.2, 0) is 20.7 Å². The molecule has 0 saturated carbocycles. The van der Waals surface area contributed by atoms with Crippen LogP contribution in [0.15, 0.2) is 82.3 Å². The van der Waals surface area contributed by atoms with Gasteiger partial charge < -0.3 is 24.1 Å². The highest BCUT2D eigenvalue weighted by molar-refractivity contribution is 9.10. The fourth-order valence-electron chi connectivity index (χ4n) is 4.93. The maximum atomic E-state index is 14.4. The molecule has 0 spiro atoms. The van der Waals surface area contributed by atoms with Crippen LogP contribution >= 0.6 is 15.9 Å². The summed E-state index contributed by atoms with van der Waals surface area (Å²) >= 11 is 3.67. The standard InChI is InChI=1S/C31H34BrN3O6/c1-38-26-8-4-7-23(20-26)28-31(21-24-6-2-3-9-27(24)32,30(37)34-35-14-18-39-19-15-35)33-29(41-28)22-10-12-25(13-11-22)40-17-5-16-36/h2-4,6-13,20,28,36H,5,14-19,21H2,1H3,(H,34,37)/t28-,31-/m0/s1. The van der Waals surface area contributed by atoms with Crippen molar-refractivity contribution in [3.63, 3.8) is 0 Å². The van der Waals surface area contributed by atoms with Crippen LogP contribution in [0, 0.1) is 0 Å². The van der Waals surface area contributed by atoms with Gasteiger partial charge in [0, 0.05) is 42.6 Å². The summed E-state index contributed by atoms with van der Waals surface area (Å²) in [6, 6.07) is 22.8. The number of aliphatic imine (C=N–C) groups is 1. The van der Waals surface area contributed by atoms with Crippen LogP contribution in [0.2, 0.25) is 0 Å². The van der Waals surface area contributed by atoms with E-state index in [4.69, 9.17) is 29.0 Å². The van der Waals surface area contributed by atoms with E-state index in [2.05, 4.69) is 21.4 Å². The van der Waals surface area contributed by atoms with Crippen molar-refractivity contribution in [2.45, 2.75) is 24.5 Å². The van der Waals surface area contributed by atoms with Gasteiger partial charge in [-0.25, -0.2) is 10.0 Å². The Kier molecular flexibility index (Phi) is 9.56. The van der Waals surface area contributed by atoms with Gasteiger partial charge in [-0.3, -0.25) is 10.2 Å². The molecule has 1 amide bonds. The third-order valence-electron chi connectivity index (χ3n) is 7.12. The summed E-state index contributed by atoms with van der Waals surface area (Å²) in [5.41, 5.74) is 4.21. The summed E-state index contributed by atoms with van der Waals surface area (Å²) in [6.07, 6.45) is 0.106. The lowest BCUT2D eigenvalue weighted by Gasteiger charge is -2.34. The zero-order valence-corrected chi connectivity index (χ0v) is 24.5. The molecular formula is C31H34BrN3O6. The molecule has 0 unspecified atom stereocenters. The van der Waals surface area contributed by atoms with Gasteiger partial charge in [0.25, 0.3) is 5.91 Å². The number of halogens is 1. The summed E-state index contributed by atoms with van der Waals surface area (Å²) in [7, 11) is 1.61. The van der Waals surface area contributed by atoms with Gasteiger partial charge in [0.05, 0.1) is 26.9 Å². The molecule has 1 fully saturated rings. The Morgan fingerprint density at radius 3 is 2.61 bits per heavy atom. The number of carbonyl (C=O) groups excluding carboxylic acids is 1. The van der Waals surface area contributed by atoms with Crippen LogP contribution in [0.3, 0.4) is 0 Å².